The van der Waals surface area contributed by atoms with Gasteiger partial charge in [0.2, 0.25) is 0 Å². The molecule has 1 unspecified atom stereocenters. The lowest BCUT2D eigenvalue weighted by Crippen LogP contribution is -2.18. The van der Waals surface area contributed by atoms with Crippen LogP contribution in [0.4, 0.5) is 0 Å². The Morgan fingerprint density at radius 3 is 2.79 bits per heavy atom. The van der Waals surface area contributed by atoms with E-state index in [1.165, 1.54) is 0 Å². The van der Waals surface area contributed by atoms with E-state index in [1.807, 2.05) is 31.2 Å². The van der Waals surface area contributed by atoms with E-state index in [-0.39, 0.29) is 6.04 Å². The predicted molar refractivity (Wildman–Crippen MR) is 61.3 cm³/mol. The van der Waals surface area contributed by atoms with Crippen molar-refractivity contribution in [2.75, 3.05) is 6.54 Å². The number of hydrogen-bond acceptors (Lipinski definition) is 1. The summed E-state index contributed by atoms with van der Waals surface area (Å²) in [4.78, 5) is 0. The summed E-state index contributed by atoms with van der Waals surface area (Å²) in [5, 5.41) is 4.09. The SMILES string of the molecule is CC#CCNC(C)c1ccccc1Cl. The average molecular weight is 208 g/mol. The molecule has 0 aliphatic rings. The fourth-order valence-electron chi connectivity index (χ4n) is 1.23. The largest absolute Gasteiger partial charge is 0.300 e. The molecule has 1 aromatic carbocycles. The maximum atomic E-state index is 6.06. The predicted octanol–water partition coefficient (Wildman–Crippen LogP) is 3.01. The highest BCUT2D eigenvalue weighted by atomic mass is 35.5. The highest BCUT2D eigenvalue weighted by molar-refractivity contribution is 6.31. The minimum Gasteiger partial charge on any atom is -0.300 e. The smallest absolute Gasteiger partial charge is 0.0581 e. The molecule has 0 saturated heterocycles. The van der Waals surface area contributed by atoms with E-state index in [9.17, 15) is 0 Å². The molecule has 1 rings (SSSR count). The Bertz CT molecular complexity index is 349. The van der Waals surface area contributed by atoms with Crippen LogP contribution in [0, 0.1) is 11.8 Å². The van der Waals surface area contributed by atoms with Crippen LogP contribution in [0.1, 0.15) is 25.5 Å². The monoisotopic (exact) mass is 207 g/mol. The fraction of sp³-hybridized carbons (Fsp3) is 0.333. The molecule has 0 aromatic heterocycles. The first-order chi connectivity index (χ1) is 6.75. The maximum absolute atomic E-state index is 6.06. The van der Waals surface area contributed by atoms with E-state index < -0.39 is 0 Å². The molecule has 0 saturated carbocycles. The van der Waals surface area contributed by atoms with Crippen molar-refractivity contribution in [2.24, 2.45) is 0 Å². The third-order valence-electron chi connectivity index (χ3n) is 2.05. The summed E-state index contributed by atoms with van der Waals surface area (Å²) < 4.78 is 0. The molecule has 2 heteroatoms. The molecule has 1 nitrogen and oxygen atoms in total. The zero-order valence-corrected chi connectivity index (χ0v) is 9.23. The van der Waals surface area contributed by atoms with Crippen LogP contribution in [0.2, 0.25) is 5.02 Å². The maximum Gasteiger partial charge on any atom is 0.0581 e. The van der Waals surface area contributed by atoms with Crippen molar-refractivity contribution in [3.05, 3.63) is 34.9 Å². The van der Waals surface area contributed by atoms with Crippen molar-refractivity contribution < 1.29 is 0 Å². The van der Waals surface area contributed by atoms with Gasteiger partial charge in [-0.1, -0.05) is 35.7 Å². The van der Waals surface area contributed by atoms with Gasteiger partial charge in [-0.25, -0.2) is 0 Å². The third kappa shape index (κ3) is 3.06. The lowest BCUT2D eigenvalue weighted by Gasteiger charge is -2.13. The molecule has 1 N–H and O–H groups in total. The van der Waals surface area contributed by atoms with Gasteiger partial charge in [0.25, 0.3) is 0 Å². The summed E-state index contributed by atoms with van der Waals surface area (Å²) in [5.74, 6) is 5.81. The van der Waals surface area contributed by atoms with Crippen LogP contribution in [0.15, 0.2) is 24.3 Å². The van der Waals surface area contributed by atoms with Crippen LogP contribution < -0.4 is 5.32 Å². The highest BCUT2D eigenvalue weighted by Crippen LogP contribution is 2.21. The van der Waals surface area contributed by atoms with Crippen molar-refractivity contribution in [1.29, 1.82) is 0 Å². The molecule has 1 aromatic rings. The molecule has 0 spiro atoms. The minimum absolute atomic E-state index is 0.240. The van der Waals surface area contributed by atoms with Gasteiger partial charge in [0.05, 0.1) is 6.54 Å². The summed E-state index contributed by atoms with van der Waals surface area (Å²) >= 11 is 6.06. The molecule has 0 radical (unpaired) electrons. The average Bonchev–Trinajstić information content (AvgIpc) is 2.18. The summed E-state index contributed by atoms with van der Waals surface area (Å²) in [7, 11) is 0. The van der Waals surface area contributed by atoms with E-state index in [1.54, 1.807) is 0 Å². The van der Waals surface area contributed by atoms with E-state index >= 15 is 0 Å². The highest BCUT2D eigenvalue weighted by Gasteiger charge is 2.06. The molecule has 0 fully saturated rings. The van der Waals surface area contributed by atoms with E-state index in [0.717, 1.165) is 10.6 Å². The Hall–Kier alpha value is -0.970. The van der Waals surface area contributed by atoms with Gasteiger partial charge >= 0.3 is 0 Å². The van der Waals surface area contributed by atoms with E-state index in [2.05, 4.69) is 24.1 Å². The van der Waals surface area contributed by atoms with Crippen molar-refractivity contribution in [3.63, 3.8) is 0 Å². The lowest BCUT2D eigenvalue weighted by molar-refractivity contribution is 0.623. The molecule has 0 aliphatic carbocycles. The summed E-state index contributed by atoms with van der Waals surface area (Å²) in [5.41, 5.74) is 1.12. The summed E-state index contributed by atoms with van der Waals surface area (Å²) in [6.45, 7) is 4.61. The lowest BCUT2D eigenvalue weighted by atomic mass is 10.1. The van der Waals surface area contributed by atoms with Gasteiger partial charge in [-0.15, -0.1) is 5.92 Å². The summed E-state index contributed by atoms with van der Waals surface area (Å²) in [6.07, 6.45) is 0. The number of halogens is 1. The topological polar surface area (TPSA) is 12.0 Å². The van der Waals surface area contributed by atoms with Crippen LogP contribution in [-0.2, 0) is 0 Å². The van der Waals surface area contributed by atoms with Crippen LogP contribution in [0.25, 0.3) is 0 Å². The van der Waals surface area contributed by atoms with E-state index in [4.69, 9.17) is 11.6 Å². The molecular formula is C12H14ClN. The zero-order valence-electron chi connectivity index (χ0n) is 8.47. The summed E-state index contributed by atoms with van der Waals surface area (Å²) in [6, 6.07) is 8.10. The van der Waals surface area contributed by atoms with Crippen LogP contribution in [-0.4, -0.2) is 6.54 Å². The fourth-order valence-corrected chi connectivity index (χ4v) is 1.53. The minimum atomic E-state index is 0.240. The molecule has 1 atom stereocenters. The molecule has 0 aliphatic heterocycles. The van der Waals surface area contributed by atoms with Gasteiger partial charge in [-0.3, -0.25) is 5.32 Å². The van der Waals surface area contributed by atoms with Gasteiger partial charge in [0.15, 0.2) is 0 Å². The number of nitrogens with one attached hydrogen (secondary N) is 1. The van der Waals surface area contributed by atoms with Gasteiger partial charge in [0.1, 0.15) is 0 Å². The first-order valence-electron chi connectivity index (χ1n) is 4.63. The second-order valence-corrected chi connectivity index (χ2v) is 3.46. The second-order valence-electron chi connectivity index (χ2n) is 3.05. The molecule has 0 amide bonds. The Morgan fingerprint density at radius 2 is 2.14 bits per heavy atom. The zero-order chi connectivity index (χ0) is 10.4. The third-order valence-corrected chi connectivity index (χ3v) is 2.39. The second kappa shape index (κ2) is 5.70. The Balaban J connectivity index is 2.63. The van der Waals surface area contributed by atoms with Crippen LogP contribution in [0.3, 0.4) is 0 Å². The number of rotatable bonds is 3. The Kier molecular flexibility index (Phi) is 4.52. The standard InChI is InChI=1S/C12H14ClN/c1-3-4-9-14-10(2)11-7-5-6-8-12(11)13/h5-8,10,14H,9H2,1-2H3. The van der Waals surface area contributed by atoms with E-state index in [0.29, 0.717) is 6.54 Å². The van der Waals surface area contributed by atoms with Crippen molar-refractivity contribution >= 4 is 11.6 Å². The molecular weight excluding hydrogens is 194 g/mol. The number of benzene rings is 1. The van der Waals surface area contributed by atoms with Gasteiger partial charge in [0, 0.05) is 11.1 Å². The van der Waals surface area contributed by atoms with Crippen molar-refractivity contribution in [1.82, 2.24) is 5.32 Å². The van der Waals surface area contributed by atoms with Crippen molar-refractivity contribution in [3.8, 4) is 11.8 Å². The Labute approximate surface area is 90.5 Å². The van der Waals surface area contributed by atoms with Gasteiger partial charge in [-0.2, -0.15) is 0 Å². The quantitative estimate of drug-likeness (QED) is 0.752. The molecule has 0 heterocycles. The molecule has 14 heavy (non-hydrogen) atoms. The van der Waals surface area contributed by atoms with Crippen LogP contribution in [0.5, 0.6) is 0 Å². The van der Waals surface area contributed by atoms with Crippen LogP contribution >= 0.6 is 11.6 Å². The van der Waals surface area contributed by atoms with Gasteiger partial charge < -0.3 is 0 Å². The van der Waals surface area contributed by atoms with Gasteiger partial charge in [-0.05, 0) is 25.5 Å². The molecule has 74 valence electrons. The Morgan fingerprint density at radius 1 is 1.43 bits per heavy atom. The first kappa shape index (κ1) is 11.1. The number of hydrogen-bond donors (Lipinski definition) is 1. The molecule has 0 bridgehead atoms. The van der Waals surface area contributed by atoms with Crippen molar-refractivity contribution in [2.45, 2.75) is 19.9 Å². The normalized spacial score (nSPS) is 11.6. The first-order valence-corrected chi connectivity index (χ1v) is 5.01.